The van der Waals surface area contributed by atoms with Crippen LogP contribution in [0.5, 0.6) is 0 Å². The number of aromatic nitrogens is 1. The average molecular weight is 310 g/mol. The summed E-state index contributed by atoms with van der Waals surface area (Å²) in [6, 6.07) is 2.82. The molecule has 1 aromatic heterocycles. The summed E-state index contributed by atoms with van der Waals surface area (Å²) in [6.07, 6.45) is 8.08. The maximum Gasteiger partial charge on any atom is 0.0410 e. The van der Waals surface area contributed by atoms with E-state index in [0.29, 0.717) is 6.04 Å². The smallest absolute Gasteiger partial charge is 0.0410 e. The molecule has 1 aliphatic carbocycles. The summed E-state index contributed by atoms with van der Waals surface area (Å²) in [5.74, 6) is 0.833. The van der Waals surface area contributed by atoms with Crippen LogP contribution in [0.2, 0.25) is 0 Å². The first kappa shape index (κ1) is 12.6. The van der Waals surface area contributed by atoms with E-state index >= 15 is 0 Å². The van der Waals surface area contributed by atoms with Gasteiger partial charge in [0.1, 0.15) is 0 Å². The Hall–Kier alpha value is -0.450. The van der Waals surface area contributed by atoms with Gasteiger partial charge in [-0.3, -0.25) is 9.88 Å². The summed E-state index contributed by atoms with van der Waals surface area (Å²) < 4.78 is 1.10. The second-order valence-corrected chi connectivity index (χ2v) is 6.27. The number of nitrogens with one attached hydrogen (secondary N) is 1. The third kappa shape index (κ3) is 2.60. The number of pyridine rings is 1. The number of halogens is 1. The van der Waals surface area contributed by atoms with Crippen LogP contribution >= 0.6 is 15.9 Å². The van der Waals surface area contributed by atoms with E-state index in [2.05, 4.69) is 43.4 Å². The largest absolute Gasteiger partial charge is 0.314 e. The van der Waals surface area contributed by atoms with Crippen LogP contribution in [-0.2, 0) is 0 Å². The molecular formula is C14H20BrN3. The number of piperazine rings is 1. The van der Waals surface area contributed by atoms with Gasteiger partial charge in [0, 0.05) is 49.1 Å². The molecule has 18 heavy (non-hydrogen) atoms. The maximum absolute atomic E-state index is 4.35. The Kier molecular flexibility index (Phi) is 3.97. The van der Waals surface area contributed by atoms with Gasteiger partial charge in [0.15, 0.2) is 0 Å². The van der Waals surface area contributed by atoms with Gasteiger partial charge in [-0.2, -0.15) is 0 Å². The molecule has 0 spiro atoms. The zero-order valence-electron chi connectivity index (χ0n) is 10.6. The minimum atomic E-state index is 0.575. The molecule has 1 N–H and O–H groups in total. The summed E-state index contributed by atoms with van der Waals surface area (Å²) in [5.41, 5.74) is 1.39. The van der Waals surface area contributed by atoms with Crippen molar-refractivity contribution in [3.63, 3.8) is 0 Å². The predicted molar refractivity (Wildman–Crippen MR) is 76.5 cm³/mol. The minimum absolute atomic E-state index is 0.575. The molecule has 1 aromatic rings. The summed E-state index contributed by atoms with van der Waals surface area (Å²) in [4.78, 5) is 6.99. The van der Waals surface area contributed by atoms with E-state index in [0.717, 1.165) is 36.6 Å². The first-order valence-electron chi connectivity index (χ1n) is 6.90. The first-order chi connectivity index (χ1) is 8.84. The lowest BCUT2D eigenvalue weighted by Gasteiger charge is -2.43. The standard InChI is InChI=1S/C14H20BrN3/c15-13-8-12(9-17-10-13)14(11-2-1-3-11)18-6-4-16-5-7-18/h8-11,14,16H,1-7H2/t14-/m1/s1. The summed E-state index contributed by atoms with van der Waals surface area (Å²) >= 11 is 3.55. The first-order valence-corrected chi connectivity index (χ1v) is 7.69. The molecular weight excluding hydrogens is 290 g/mol. The fraction of sp³-hybridized carbons (Fsp3) is 0.643. The molecule has 0 unspecified atom stereocenters. The Labute approximate surface area is 117 Å². The summed E-state index contributed by atoms with van der Waals surface area (Å²) in [5, 5.41) is 3.44. The van der Waals surface area contributed by atoms with E-state index in [4.69, 9.17) is 0 Å². The van der Waals surface area contributed by atoms with Gasteiger partial charge >= 0.3 is 0 Å². The van der Waals surface area contributed by atoms with Crippen molar-refractivity contribution in [3.8, 4) is 0 Å². The third-order valence-electron chi connectivity index (χ3n) is 4.21. The Morgan fingerprint density at radius 1 is 1.28 bits per heavy atom. The molecule has 0 amide bonds. The van der Waals surface area contributed by atoms with E-state index in [9.17, 15) is 0 Å². The van der Waals surface area contributed by atoms with Gasteiger partial charge in [-0.05, 0) is 46.3 Å². The Balaban J connectivity index is 1.84. The lowest BCUT2D eigenvalue weighted by atomic mass is 9.76. The molecule has 1 saturated heterocycles. The zero-order valence-corrected chi connectivity index (χ0v) is 12.2. The number of hydrogen-bond donors (Lipinski definition) is 1. The van der Waals surface area contributed by atoms with Crippen molar-refractivity contribution in [1.82, 2.24) is 15.2 Å². The maximum atomic E-state index is 4.35. The molecule has 98 valence electrons. The van der Waals surface area contributed by atoms with E-state index in [1.807, 2.05) is 6.20 Å². The van der Waals surface area contributed by atoms with Gasteiger partial charge in [-0.25, -0.2) is 0 Å². The number of rotatable bonds is 3. The fourth-order valence-corrected chi connectivity index (χ4v) is 3.47. The van der Waals surface area contributed by atoms with Crippen LogP contribution in [0.3, 0.4) is 0 Å². The molecule has 3 nitrogen and oxygen atoms in total. The SMILES string of the molecule is Brc1cncc([C@@H](C2CCC2)N2CCNCC2)c1. The normalized spacial score (nSPS) is 23.6. The molecule has 1 saturated carbocycles. The lowest BCUT2D eigenvalue weighted by Crippen LogP contribution is -2.47. The highest BCUT2D eigenvalue weighted by molar-refractivity contribution is 9.10. The highest BCUT2D eigenvalue weighted by Gasteiger charge is 2.33. The van der Waals surface area contributed by atoms with Crippen LogP contribution in [0.25, 0.3) is 0 Å². The van der Waals surface area contributed by atoms with Gasteiger partial charge in [-0.15, -0.1) is 0 Å². The van der Waals surface area contributed by atoms with Gasteiger partial charge in [0.25, 0.3) is 0 Å². The third-order valence-corrected chi connectivity index (χ3v) is 4.64. The number of hydrogen-bond acceptors (Lipinski definition) is 3. The van der Waals surface area contributed by atoms with Crippen molar-refractivity contribution < 1.29 is 0 Å². The summed E-state index contributed by atoms with van der Waals surface area (Å²) in [6.45, 7) is 4.55. The number of nitrogens with zero attached hydrogens (tertiary/aromatic N) is 2. The van der Waals surface area contributed by atoms with Crippen molar-refractivity contribution in [2.24, 2.45) is 5.92 Å². The van der Waals surface area contributed by atoms with Crippen molar-refractivity contribution >= 4 is 15.9 Å². The highest BCUT2D eigenvalue weighted by Crippen LogP contribution is 2.41. The van der Waals surface area contributed by atoms with Crippen molar-refractivity contribution in [2.45, 2.75) is 25.3 Å². The second kappa shape index (κ2) is 5.68. The van der Waals surface area contributed by atoms with Crippen LogP contribution < -0.4 is 5.32 Å². The summed E-state index contributed by atoms with van der Waals surface area (Å²) in [7, 11) is 0. The van der Waals surface area contributed by atoms with E-state index in [1.54, 1.807) is 0 Å². The van der Waals surface area contributed by atoms with Gasteiger partial charge < -0.3 is 5.32 Å². The van der Waals surface area contributed by atoms with E-state index in [-0.39, 0.29) is 0 Å². The van der Waals surface area contributed by atoms with E-state index in [1.165, 1.54) is 24.8 Å². The average Bonchev–Trinajstić information content (AvgIpc) is 2.34. The predicted octanol–water partition coefficient (Wildman–Crippen LogP) is 2.59. The molecule has 2 aliphatic rings. The van der Waals surface area contributed by atoms with Crippen LogP contribution in [0.4, 0.5) is 0 Å². The minimum Gasteiger partial charge on any atom is -0.314 e. The van der Waals surface area contributed by atoms with Crippen LogP contribution in [0.1, 0.15) is 30.9 Å². The molecule has 1 aliphatic heterocycles. The van der Waals surface area contributed by atoms with Crippen LogP contribution in [0, 0.1) is 5.92 Å². The molecule has 4 heteroatoms. The Morgan fingerprint density at radius 3 is 2.67 bits per heavy atom. The molecule has 0 aromatic carbocycles. The Bertz CT molecular complexity index is 400. The van der Waals surface area contributed by atoms with Gasteiger partial charge in [0.2, 0.25) is 0 Å². The molecule has 1 atom stereocenters. The quantitative estimate of drug-likeness (QED) is 0.930. The van der Waals surface area contributed by atoms with Crippen molar-refractivity contribution in [3.05, 3.63) is 28.5 Å². The highest BCUT2D eigenvalue weighted by atomic mass is 79.9. The molecule has 2 heterocycles. The van der Waals surface area contributed by atoms with Crippen LogP contribution in [-0.4, -0.2) is 36.1 Å². The van der Waals surface area contributed by atoms with Crippen molar-refractivity contribution in [2.75, 3.05) is 26.2 Å². The van der Waals surface area contributed by atoms with E-state index < -0.39 is 0 Å². The molecule has 2 fully saturated rings. The monoisotopic (exact) mass is 309 g/mol. The zero-order chi connectivity index (χ0) is 12.4. The fourth-order valence-electron chi connectivity index (χ4n) is 3.09. The topological polar surface area (TPSA) is 28.2 Å². The van der Waals surface area contributed by atoms with Gasteiger partial charge in [-0.1, -0.05) is 6.42 Å². The van der Waals surface area contributed by atoms with Crippen LogP contribution in [0.15, 0.2) is 22.9 Å². The molecule has 3 rings (SSSR count). The van der Waals surface area contributed by atoms with Gasteiger partial charge in [0.05, 0.1) is 0 Å². The second-order valence-electron chi connectivity index (χ2n) is 5.36. The molecule has 0 bridgehead atoms. The Morgan fingerprint density at radius 2 is 2.06 bits per heavy atom. The molecule has 0 radical (unpaired) electrons. The van der Waals surface area contributed by atoms with Crippen molar-refractivity contribution in [1.29, 1.82) is 0 Å². The lowest BCUT2D eigenvalue weighted by molar-refractivity contribution is 0.0834.